The summed E-state index contributed by atoms with van der Waals surface area (Å²) in [6.45, 7) is 2.80. The molecule has 0 radical (unpaired) electrons. The maximum absolute atomic E-state index is 12.0. The van der Waals surface area contributed by atoms with Gasteiger partial charge in [0.15, 0.2) is 0 Å². The lowest BCUT2D eigenvalue weighted by Gasteiger charge is -2.15. The number of hydrogen-bond acceptors (Lipinski definition) is 3. The molecule has 0 amide bonds. The Kier molecular flexibility index (Phi) is 4.32. The van der Waals surface area contributed by atoms with Crippen molar-refractivity contribution in [2.45, 2.75) is 18.2 Å². The van der Waals surface area contributed by atoms with Crippen LogP contribution < -0.4 is 5.32 Å². The van der Waals surface area contributed by atoms with Crippen LogP contribution in [0.1, 0.15) is 13.3 Å². The highest BCUT2D eigenvalue weighted by molar-refractivity contribution is 7.89. The highest BCUT2D eigenvalue weighted by Gasteiger charge is 2.20. The first-order chi connectivity index (χ1) is 7.50. The van der Waals surface area contributed by atoms with E-state index in [4.69, 9.17) is 0 Å². The van der Waals surface area contributed by atoms with Gasteiger partial charge in [0.05, 0.1) is 5.69 Å². The Morgan fingerprint density at radius 3 is 2.44 bits per heavy atom. The third-order valence-electron chi connectivity index (χ3n) is 2.21. The van der Waals surface area contributed by atoms with Gasteiger partial charge in [-0.05, 0) is 18.6 Å². The van der Waals surface area contributed by atoms with Gasteiger partial charge in [-0.2, -0.15) is 0 Å². The molecule has 0 saturated carbocycles. The van der Waals surface area contributed by atoms with Crippen LogP contribution >= 0.6 is 0 Å². The summed E-state index contributed by atoms with van der Waals surface area (Å²) in [5.74, 6) is 0. The first-order valence-electron chi connectivity index (χ1n) is 5.25. The molecule has 5 heteroatoms. The number of sulfonamides is 1. The molecule has 0 aliphatic carbocycles. The number of rotatable bonds is 5. The number of benzene rings is 1. The van der Waals surface area contributed by atoms with Crippen molar-refractivity contribution >= 4 is 15.7 Å². The predicted molar refractivity (Wildman–Crippen MR) is 66.1 cm³/mol. The van der Waals surface area contributed by atoms with Crippen LogP contribution in [-0.2, 0) is 10.0 Å². The topological polar surface area (TPSA) is 49.4 Å². The van der Waals surface area contributed by atoms with E-state index in [0.29, 0.717) is 10.6 Å². The van der Waals surface area contributed by atoms with Crippen molar-refractivity contribution < 1.29 is 8.42 Å². The van der Waals surface area contributed by atoms with Gasteiger partial charge in [0, 0.05) is 20.6 Å². The molecule has 90 valence electrons. The SMILES string of the molecule is CCCNc1ccccc1S(=O)(=O)N(C)C. The van der Waals surface area contributed by atoms with Crippen LogP contribution in [0.25, 0.3) is 0 Å². The third-order valence-corrected chi connectivity index (χ3v) is 4.08. The molecule has 0 spiro atoms. The fraction of sp³-hybridized carbons (Fsp3) is 0.455. The summed E-state index contributed by atoms with van der Waals surface area (Å²) < 4.78 is 25.2. The van der Waals surface area contributed by atoms with Crippen LogP contribution in [0, 0.1) is 0 Å². The molecule has 4 nitrogen and oxygen atoms in total. The van der Waals surface area contributed by atoms with Gasteiger partial charge in [-0.25, -0.2) is 12.7 Å². The average molecular weight is 242 g/mol. The largest absolute Gasteiger partial charge is 0.384 e. The predicted octanol–water partition coefficient (Wildman–Crippen LogP) is 1.76. The quantitative estimate of drug-likeness (QED) is 0.856. The molecule has 0 aliphatic rings. The second-order valence-electron chi connectivity index (χ2n) is 3.71. The van der Waals surface area contributed by atoms with E-state index in [2.05, 4.69) is 5.32 Å². The Morgan fingerprint density at radius 2 is 1.88 bits per heavy atom. The highest BCUT2D eigenvalue weighted by Crippen LogP contribution is 2.22. The summed E-state index contributed by atoms with van der Waals surface area (Å²) in [6, 6.07) is 6.96. The fourth-order valence-corrected chi connectivity index (χ4v) is 2.36. The first-order valence-corrected chi connectivity index (χ1v) is 6.69. The lowest BCUT2D eigenvalue weighted by atomic mass is 10.3. The van der Waals surface area contributed by atoms with Crippen molar-refractivity contribution in [3.8, 4) is 0 Å². The van der Waals surface area contributed by atoms with Crippen LogP contribution in [0.5, 0.6) is 0 Å². The van der Waals surface area contributed by atoms with E-state index in [-0.39, 0.29) is 0 Å². The molecule has 1 aromatic rings. The monoisotopic (exact) mass is 242 g/mol. The molecule has 0 saturated heterocycles. The maximum atomic E-state index is 12.0. The minimum atomic E-state index is -3.37. The Bertz CT molecular complexity index is 441. The molecule has 0 aromatic heterocycles. The van der Waals surface area contributed by atoms with Crippen molar-refractivity contribution in [1.29, 1.82) is 0 Å². The number of anilines is 1. The lowest BCUT2D eigenvalue weighted by molar-refractivity contribution is 0.521. The van der Waals surface area contributed by atoms with Crippen molar-refractivity contribution in [3.05, 3.63) is 24.3 Å². The molecule has 1 rings (SSSR count). The zero-order valence-corrected chi connectivity index (χ0v) is 10.7. The van der Waals surface area contributed by atoms with Gasteiger partial charge in [-0.15, -0.1) is 0 Å². The second kappa shape index (κ2) is 5.32. The third kappa shape index (κ3) is 2.74. The lowest BCUT2D eigenvalue weighted by Crippen LogP contribution is -2.23. The van der Waals surface area contributed by atoms with Gasteiger partial charge in [0.1, 0.15) is 4.90 Å². The van der Waals surface area contributed by atoms with Crippen LogP contribution in [0.3, 0.4) is 0 Å². The minimum absolute atomic E-state index is 0.327. The highest BCUT2D eigenvalue weighted by atomic mass is 32.2. The smallest absolute Gasteiger partial charge is 0.244 e. The van der Waals surface area contributed by atoms with Gasteiger partial charge >= 0.3 is 0 Å². The van der Waals surface area contributed by atoms with Gasteiger partial charge in [0.2, 0.25) is 10.0 Å². The van der Waals surface area contributed by atoms with Crippen LogP contribution in [0.15, 0.2) is 29.2 Å². The van der Waals surface area contributed by atoms with E-state index in [1.807, 2.05) is 13.0 Å². The van der Waals surface area contributed by atoms with Crippen LogP contribution in [-0.4, -0.2) is 33.4 Å². The number of hydrogen-bond donors (Lipinski definition) is 1. The molecular formula is C11H18N2O2S. The number of nitrogens with one attached hydrogen (secondary N) is 1. The second-order valence-corrected chi connectivity index (χ2v) is 5.83. The Morgan fingerprint density at radius 1 is 1.25 bits per heavy atom. The van der Waals surface area contributed by atoms with Crippen molar-refractivity contribution in [2.75, 3.05) is 26.0 Å². The number of nitrogens with zero attached hydrogens (tertiary/aromatic N) is 1. The minimum Gasteiger partial charge on any atom is -0.384 e. The first kappa shape index (κ1) is 13.0. The molecule has 0 fully saturated rings. The zero-order valence-electron chi connectivity index (χ0n) is 9.90. The van der Waals surface area contributed by atoms with Crippen molar-refractivity contribution in [2.24, 2.45) is 0 Å². The van der Waals surface area contributed by atoms with Crippen LogP contribution in [0.2, 0.25) is 0 Å². The zero-order chi connectivity index (χ0) is 12.2. The normalized spacial score (nSPS) is 11.8. The molecule has 1 aromatic carbocycles. The van der Waals surface area contributed by atoms with Gasteiger partial charge < -0.3 is 5.32 Å². The van der Waals surface area contributed by atoms with Gasteiger partial charge in [0.25, 0.3) is 0 Å². The molecule has 0 bridgehead atoms. The molecule has 16 heavy (non-hydrogen) atoms. The van der Waals surface area contributed by atoms with Gasteiger partial charge in [-0.3, -0.25) is 0 Å². The summed E-state index contributed by atoms with van der Waals surface area (Å²) in [4.78, 5) is 0.327. The number of para-hydroxylation sites is 1. The molecule has 0 unspecified atom stereocenters. The van der Waals surface area contributed by atoms with Gasteiger partial charge in [-0.1, -0.05) is 19.1 Å². The Balaban J connectivity index is 3.13. The summed E-state index contributed by atoms with van der Waals surface area (Å²) in [5, 5.41) is 3.12. The summed E-state index contributed by atoms with van der Waals surface area (Å²) in [5.41, 5.74) is 0.665. The molecule has 0 atom stereocenters. The summed E-state index contributed by atoms with van der Waals surface area (Å²) in [7, 11) is -0.300. The maximum Gasteiger partial charge on any atom is 0.244 e. The van der Waals surface area contributed by atoms with E-state index in [1.165, 1.54) is 18.4 Å². The summed E-state index contributed by atoms with van der Waals surface area (Å²) >= 11 is 0. The van der Waals surface area contributed by atoms with Crippen molar-refractivity contribution in [1.82, 2.24) is 4.31 Å². The summed E-state index contributed by atoms with van der Waals surface area (Å²) in [6.07, 6.45) is 0.955. The van der Waals surface area contributed by atoms with Crippen LogP contribution in [0.4, 0.5) is 5.69 Å². The Hall–Kier alpha value is -1.07. The molecular weight excluding hydrogens is 224 g/mol. The van der Waals surface area contributed by atoms with E-state index in [0.717, 1.165) is 13.0 Å². The van der Waals surface area contributed by atoms with E-state index >= 15 is 0 Å². The molecule has 1 N–H and O–H groups in total. The Labute approximate surface area is 97.3 Å². The standard InChI is InChI=1S/C11H18N2O2S/c1-4-9-12-10-7-5-6-8-11(10)16(14,15)13(2)3/h5-8,12H,4,9H2,1-3H3. The van der Waals surface area contributed by atoms with E-state index in [9.17, 15) is 8.42 Å². The molecule has 0 aliphatic heterocycles. The van der Waals surface area contributed by atoms with E-state index in [1.54, 1.807) is 18.2 Å². The fourth-order valence-electron chi connectivity index (χ4n) is 1.29. The van der Waals surface area contributed by atoms with E-state index < -0.39 is 10.0 Å². The average Bonchev–Trinajstić information content (AvgIpc) is 2.26. The van der Waals surface area contributed by atoms with Crippen molar-refractivity contribution in [3.63, 3.8) is 0 Å². The molecule has 0 heterocycles.